The summed E-state index contributed by atoms with van der Waals surface area (Å²) in [5.74, 6) is -9.90. The number of halogens is 1. The van der Waals surface area contributed by atoms with Crippen molar-refractivity contribution in [2.45, 2.75) is 44.8 Å². The van der Waals surface area contributed by atoms with E-state index in [4.69, 9.17) is 15.6 Å². The normalized spacial score (nSPS) is 13.0. The number of H-pyrrole nitrogens is 1. The third-order valence-corrected chi connectivity index (χ3v) is 7.01. The second-order valence-corrected chi connectivity index (χ2v) is 10.0. The van der Waals surface area contributed by atoms with Crippen molar-refractivity contribution < 1.29 is 48.4 Å². The van der Waals surface area contributed by atoms with E-state index in [1.165, 1.54) is 13.2 Å². The summed E-state index contributed by atoms with van der Waals surface area (Å²) < 4.78 is 20.2. The van der Waals surface area contributed by atoms with Crippen molar-refractivity contribution in [3.8, 4) is 6.01 Å². The lowest BCUT2D eigenvalue weighted by atomic mass is 9.90. The third kappa shape index (κ3) is 8.60. The van der Waals surface area contributed by atoms with Crippen LogP contribution >= 0.6 is 0 Å². The van der Waals surface area contributed by atoms with Gasteiger partial charge in [-0.25, -0.2) is 9.18 Å². The number of nitrogens with one attached hydrogen (secondary N) is 2. The molecule has 0 fully saturated rings. The Kier molecular flexibility index (Phi) is 11.3. The van der Waals surface area contributed by atoms with Crippen LogP contribution in [0, 0.1) is 11.7 Å². The van der Waals surface area contributed by atoms with Gasteiger partial charge in [-0.2, -0.15) is 4.98 Å². The average Bonchev–Trinajstić information content (AvgIpc) is 2.99. The molecule has 3 rings (SSSR count). The highest BCUT2D eigenvalue weighted by Crippen LogP contribution is 2.23. The maximum absolute atomic E-state index is 15.2. The Balaban J connectivity index is 1.76. The first-order valence-electron chi connectivity index (χ1n) is 13.6. The van der Waals surface area contributed by atoms with Crippen LogP contribution in [0.4, 0.5) is 10.1 Å². The maximum Gasteiger partial charge on any atom is 0.326 e. The lowest BCUT2D eigenvalue weighted by Gasteiger charge is -2.24. The fourth-order valence-corrected chi connectivity index (χ4v) is 4.56. The van der Waals surface area contributed by atoms with Gasteiger partial charge in [0.15, 0.2) is 5.78 Å². The molecule has 2 aromatic carbocycles. The first-order valence-corrected chi connectivity index (χ1v) is 13.6. The van der Waals surface area contributed by atoms with Crippen molar-refractivity contribution in [2.24, 2.45) is 11.7 Å². The third-order valence-electron chi connectivity index (χ3n) is 7.01. The number of hydrogen-bond acceptors (Lipinski definition) is 10. The summed E-state index contributed by atoms with van der Waals surface area (Å²) in [5.41, 5.74) is 6.19. The molecular weight excluding hydrogens is 597 g/mol. The highest BCUT2D eigenvalue weighted by molar-refractivity contribution is 6.02. The molecule has 0 spiro atoms. The standard InChI is InChI=1S/C29H32FN5O10/c1-3-35(13-14-4-8-21-17(10-14)26(40)34-29(33-21)45-2)15-5-6-16(19(30)11-15)25(39)32-22(28(43)44)12-18(27(41)42)24(38)20(31)7-9-23(36)37/h4-6,8,10-11,18,20,22H,3,7,9,12-13,31H2,1-2H3,(H,32,39)(H,36,37)(H,41,42)(H,43,44)(H,33,34,40)/t18?,20-,22-/m1/s1. The van der Waals surface area contributed by atoms with Crippen molar-refractivity contribution >= 4 is 46.2 Å². The smallest absolute Gasteiger partial charge is 0.326 e. The minimum atomic E-state index is -1.97. The topological polar surface area (TPSA) is 242 Å². The van der Waals surface area contributed by atoms with Crippen LogP contribution in [-0.4, -0.2) is 80.6 Å². The quantitative estimate of drug-likeness (QED) is 0.122. The van der Waals surface area contributed by atoms with Gasteiger partial charge in [0.05, 0.1) is 29.6 Å². The number of rotatable bonds is 16. The van der Waals surface area contributed by atoms with Gasteiger partial charge in [0.25, 0.3) is 17.5 Å². The number of carboxylic acids is 3. The number of aromatic amines is 1. The number of carboxylic acid groups (broad SMARTS) is 3. The Morgan fingerprint density at radius 3 is 2.38 bits per heavy atom. The molecule has 1 amide bonds. The number of ether oxygens (including phenoxy) is 1. The SMILES string of the molecule is CCN(Cc1ccc2nc(OC)[nH]c(=O)c2c1)c1ccc(C(=O)N[C@H](CC(C(=O)O)C(=O)[C@H](N)CCC(=O)O)C(=O)O)c(F)c1. The first kappa shape index (κ1) is 34.1. The Labute approximate surface area is 254 Å². The van der Waals surface area contributed by atoms with Crippen LogP contribution < -0.4 is 26.2 Å². The van der Waals surface area contributed by atoms with Crippen LogP contribution in [0.3, 0.4) is 0 Å². The van der Waals surface area contributed by atoms with Gasteiger partial charge in [0.1, 0.15) is 17.8 Å². The van der Waals surface area contributed by atoms with Gasteiger partial charge in [0, 0.05) is 25.2 Å². The molecule has 240 valence electrons. The number of fused-ring (bicyclic) bond motifs is 1. The van der Waals surface area contributed by atoms with E-state index in [1.54, 1.807) is 23.1 Å². The van der Waals surface area contributed by atoms with E-state index in [-0.39, 0.29) is 19.0 Å². The average molecular weight is 630 g/mol. The molecule has 3 atom stereocenters. The van der Waals surface area contributed by atoms with Gasteiger partial charge in [-0.1, -0.05) is 6.07 Å². The molecule has 0 aliphatic rings. The van der Waals surface area contributed by atoms with Gasteiger partial charge in [0.2, 0.25) is 0 Å². The highest BCUT2D eigenvalue weighted by Gasteiger charge is 2.36. The summed E-state index contributed by atoms with van der Waals surface area (Å²) >= 11 is 0. The first-order chi connectivity index (χ1) is 21.2. The molecule has 0 bridgehead atoms. The summed E-state index contributed by atoms with van der Waals surface area (Å²) in [4.78, 5) is 80.6. The molecule has 45 heavy (non-hydrogen) atoms. The van der Waals surface area contributed by atoms with E-state index in [0.717, 1.165) is 12.1 Å². The summed E-state index contributed by atoms with van der Waals surface area (Å²) in [6.45, 7) is 2.47. The number of aliphatic carboxylic acids is 3. The van der Waals surface area contributed by atoms with Crippen LogP contribution in [0.15, 0.2) is 41.2 Å². The van der Waals surface area contributed by atoms with Gasteiger partial charge in [-0.15, -0.1) is 0 Å². The van der Waals surface area contributed by atoms with E-state index >= 15 is 4.39 Å². The Hall–Kier alpha value is -5.38. The van der Waals surface area contributed by atoms with Crippen LogP contribution in [0.5, 0.6) is 6.01 Å². The number of Topliss-reactive ketones (excluding diaryl/α,β-unsaturated/α-hetero) is 1. The molecule has 1 aromatic heterocycles. The number of anilines is 1. The number of methoxy groups -OCH3 is 1. The lowest BCUT2D eigenvalue weighted by Crippen LogP contribution is -2.47. The van der Waals surface area contributed by atoms with E-state index in [1.807, 2.05) is 12.2 Å². The Bertz CT molecular complexity index is 1680. The summed E-state index contributed by atoms with van der Waals surface area (Å²) in [7, 11) is 1.37. The van der Waals surface area contributed by atoms with E-state index in [2.05, 4.69) is 9.97 Å². The predicted octanol–water partition coefficient (Wildman–Crippen LogP) is 1.13. The van der Waals surface area contributed by atoms with Crippen molar-refractivity contribution in [1.82, 2.24) is 15.3 Å². The molecule has 0 aliphatic heterocycles. The highest BCUT2D eigenvalue weighted by atomic mass is 19.1. The fourth-order valence-electron chi connectivity index (χ4n) is 4.56. The molecule has 1 heterocycles. The van der Waals surface area contributed by atoms with Gasteiger partial charge < -0.3 is 36.0 Å². The minimum absolute atomic E-state index is 0.0667. The van der Waals surface area contributed by atoms with Crippen molar-refractivity contribution in [1.29, 1.82) is 0 Å². The number of ketones is 1. The molecule has 0 radical (unpaired) electrons. The largest absolute Gasteiger partial charge is 0.481 e. The minimum Gasteiger partial charge on any atom is -0.481 e. The molecule has 0 aliphatic carbocycles. The van der Waals surface area contributed by atoms with Crippen molar-refractivity contribution in [2.75, 3.05) is 18.6 Å². The van der Waals surface area contributed by atoms with Gasteiger partial charge in [-0.3, -0.25) is 29.0 Å². The predicted molar refractivity (Wildman–Crippen MR) is 157 cm³/mol. The lowest BCUT2D eigenvalue weighted by molar-refractivity contribution is -0.148. The van der Waals surface area contributed by atoms with Crippen molar-refractivity contribution in [3.05, 3.63) is 63.7 Å². The van der Waals surface area contributed by atoms with Crippen molar-refractivity contribution in [3.63, 3.8) is 0 Å². The number of nitrogens with zero attached hydrogens (tertiary/aromatic N) is 2. The summed E-state index contributed by atoms with van der Waals surface area (Å²) in [5, 5.41) is 30.2. The molecule has 3 aromatic rings. The monoisotopic (exact) mass is 629 g/mol. The van der Waals surface area contributed by atoms with E-state index < -0.39 is 77.4 Å². The zero-order valence-corrected chi connectivity index (χ0v) is 24.3. The molecule has 15 nitrogen and oxygen atoms in total. The zero-order chi connectivity index (χ0) is 33.4. The Morgan fingerprint density at radius 1 is 1.09 bits per heavy atom. The second kappa shape index (κ2) is 14.9. The number of carbonyl (C=O) groups is 5. The van der Waals surface area contributed by atoms with Crippen LogP contribution in [0.1, 0.15) is 42.1 Å². The maximum atomic E-state index is 15.2. The van der Waals surface area contributed by atoms with E-state index in [0.29, 0.717) is 28.7 Å². The summed E-state index contributed by atoms with van der Waals surface area (Å²) in [6.07, 6.45) is -1.80. The van der Waals surface area contributed by atoms with Crippen LogP contribution in [0.25, 0.3) is 10.9 Å². The molecule has 0 saturated heterocycles. The molecule has 16 heteroatoms. The number of aromatic nitrogens is 2. The number of hydrogen-bond donors (Lipinski definition) is 6. The number of amides is 1. The number of benzene rings is 2. The Morgan fingerprint density at radius 2 is 1.80 bits per heavy atom. The van der Waals surface area contributed by atoms with Gasteiger partial charge >= 0.3 is 17.9 Å². The number of nitrogens with two attached hydrogens (primary N) is 1. The summed E-state index contributed by atoms with van der Waals surface area (Å²) in [6, 6.07) is 5.33. The van der Waals surface area contributed by atoms with E-state index in [9.17, 15) is 39.0 Å². The molecule has 1 unspecified atom stereocenters. The second-order valence-electron chi connectivity index (χ2n) is 10.0. The fraction of sp³-hybridized carbons (Fsp3) is 0.345. The van der Waals surface area contributed by atoms with Gasteiger partial charge in [-0.05, 0) is 55.7 Å². The van der Waals surface area contributed by atoms with Crippen LogP contribution in [-0.2, 0) is 25.7 Å². The molecular formula is C29H32FN5O10. The number of carbonyl (C=O) groups excluding carboxylic acids is 2. The van der Waals surface area contributed by atoms with Crippen LogP contribution in [0.2, 0.25) is 0 Å². The zero-order valence-electron chi connectivity index (χ0n) is 24.3. The molecule has 0 saturated carbocycles. The molecule has 7 N–H and O–H groups in total.